The van der Waals surface area contributed by atoms with Gasteiger partial charge in [-0.05, 0) is 0 Å². The maximum atomic E-state index is 10.3. The average molecular weight is 1570 g/mol. The summed E-state index contributed by atoms with van der Waals surface area (Å²) in [5.74, 6) is -40.2. The lowest BCUT2D eigenvalue weighted by atomic mass is 9.96. The summed E-state index contributed by atoms with van der Waals surface area (Å²) in [5.41, 5.74) is -21.9. The fourth-order valence-corrected chi connectivity index (χ4v) is 5.71. The number of carbonyl (C=O) groups is 24. The van der Waals surface area contributed by atoms with Crippen molar-refractivity contribution in [1.82, 2.24) is 12.3 Å². The predicted molar refractivity (Wildman–Crippen MR) is 307 cm³/mol. The van der Waals surface area contributed by atoms with Crippen LogP contribution in [-0.2, 0) is 115 Å². The highest BCUT2D eigenvalue weighted by atomic mass is 16.5. The quantitative estimate of drug-likeness (QED) is 0.0271. The Hall–Kier alpha value is -13.1. The Morgan fingerprint density at radius 2 is 0.160 bits per heavy atom. The zero-order chi connectivity index (χ0) is 85.2. The Morgan fingerprint density at radius 1 is 0.123 bits per heavy atom. The summed E-state index contributed by atoms with van der Waals surface area (Å²) in [4.78, 5) is 244. The van der Waals surface area contributed by atoms with E-state index in [1.165, 1.54) is 0 Å². The van der Waals surface area contributed by atoms with Crippen LogP contribution in [0.2, 0.25) is 0 Å². The van der Waals surface area contributed by atoms with E-state index in [1.54, 1.807) is 0 Å². The molecule has 0 spiro atoms. The Kier molecular flexibility index (Phi) is 54.1. The van der Waals surface area contributed by atoms with Crippen molar-refractivity contribution in [1.29, 1.82) is 0 Å². The van der Waals surface area contributed by atoms with Gasteiger partial charge < -0.3 is 176 Å². The van der Waals surface area contributed by atoms with Crippen molar-refractivity contribution in [3.05, 3.63) is 0 Å². The second kappa shape index (κ2) is 50.3. The summed E-state index contributed by atoms with van der Waals surface area (Å²) in [7, 11) is 0. The molecular formula is C48H70N2O56. The molecule has 608 valence electrons. The van der Waals surface area contributed by atoms with E-state index in [-0.39, 0.29) is 12.3 Å². The minimum Gasteiger partial charge on any atom is -0.481 e. The Bertz CT molecular complexity index is 2460. The van der Waals surface area contributed by atoms with Crippen molar-refractivity contribution < 1.29 is 278 Å². The van der Waals surface area contributed by atoms with Gasteiger partial charge in [0.2, 0.25) is 0 Å². The molecule has 0 radical (unpaired) electrons. The zero-order valence-corrected chi connectivity index (χ0v) is 52.8. The normalized spacial score (nSPS) is 10.6. The molecule has 0 saturated carbocycles. The molecule has 0 bridgehead atoms. The molecule has 0 unspecified atom stereocenters. The van der Waals surface area contributed by atoms with Gasteiger partial charge in [-0.1, -0.05) is 0 Å². The third-order valence-corrected chi connectivity index (χ3v) is 10.3. The number of aliphatic carboxylic acids is 24. The summed E-state index contributed by atoms with van der Waals surface area (Å²) in [6, 6.07) is 0. The number of aliphatic hydroxyl groups is 8. The fraction of sp³-hybridized carbons (Fsp3) is 0.500. The number of carboxylic acids is 24. The Balaban J connectivity index is -0.000000124. The summed E-state index contributed by atoms with van der Waals surface area (Å²) >= 11 is 0. The first-order chi connectivity index (χ1) is 46.2. The number of rotatable bonds is 40. The van der Waals surface area contributed by atoms with Crippen molar-refractivity contribution in [3.8, 4) is 0 Å². The standard InChI is InChI=1S/8C6H8O7.2H3N/c8*7-3(8)1-6(13,5(11)12)2-4(9)10;;/h8*13H,1-2H2,(H,7,8)(H,9,10)(H,11,12);2*1H3. The van der Waals surface area contributed by atoms with Crippen LogP contribution in [0, 0.1) is 0 Å². The molecule has 0 aliphatic rings. The molecule has 0 rings (SSSR count). The molecule has 0 aromatic heterocycles. The summed E-state index contributed by atoms with van der Waals surface area (Å²) in [6.07, 6.45) is -18.3. The van der Waals surface area contributed by atoms with E-state index in [0.717, 1.165) is 0 Å². The fourth-order valence-electron chi connectivity index (χ4n) is 5.71. The lowest BCUT2D eigenvalue weighted by molar-refractivity contribution is -0.170. The highest BCUT2D eigenvalue weighted by Crippen LogP contribution is 2.22. The molecule has 0 aliphatic carbocycles. The molecular weight excluding hydrogens is 1500 g/mol. The monoisotopic (exact) mass is 1570 g/mol. The molecule has 0 aliphatic heterocycles. The van der Waals surface area contributed by atoms with Gasteiger partial charge in [-0.15, -0.1) is 0 Å². The van der Waals surface area contributed by atoms with E-state index in [9.17, 15) is 115 Å². The molecule has 0 saturated heterocycles. The molecule has 0 aromatic rings. The summed E-state index contributed by atoms with van der Waals surface area (Å²) < 4.78 is 0. The Labute approximate surface area is 580 Å². The van der Waals surface area contributed by atoms with Crippen molar-refractivity contribution in [3.63, 3.8) is 0 Å². The maximum Gasteiger partial charge on any atom is 0.336 e. The topological polar surface area (TPSA) is 1130 Å². The van der Waals surface area contributed by atoms with Crippen LogP contribution in [0.3, 0.4) is 0 Å². The van der Waals surface area contributed by atoms with Gasteiger partial charge in [-0.25, -0.2) is 38.4 Å². The van der Waals surface area contributed by atoms with Crippen LogP contribution >= 0.6 is 0 Å². The molecule has 0 amide bonds. The second-order valence-corrected chi connectivity index (χ2v) is 19.8. The van der Waals surface area contributed by atoms with Crippen LogP contribution in [0.4, 0.5) is 0 Å². The molecule has 106 heavy (non-hydrogen) atoms. The van der Waals surface area contributed by atoms with Crippen LogP contribution in [0.25, 0.3) is 0 Å². The number of carboxylic acid groups (broad SMARTS) is 24. The lowest BCUT2D eigenvalue weighted by Gasteiger charge is -2.18. The van der Waals surface area contributed by atoms with Crippen molar-refractivity contribution in [2.75, 3.05) is 0 Å². The zero-order valence-electron chi connectivity index (χ0n) is 52.8. The molecule has 38 N–H and O–H groups in total. The largest absolute Gasteiger partial charge is 0.481 e. The number of hydrogen-bond acceptors (Lipinski definition) is 34. The maximum absolute atomic E-state index is 10.3. The SMILES string of the molecule is N.N.O=C(O)CC(O)(CC(=O)O)C(=O)O.O=C(O)CC(O)(CC(=O)O)C(=O)O.O=C(O)CC(O)(CC(=O)O)C(=O)O.O=C(O)CC(O)(CC(=O)O)C(=O)O.O=C(O)CC(O)(CC(=O)O)C(=O)O.O=C(O)CC(O)(CC(=O)O)C(=O)O.O=C(O)CC(O)(CC(=O)O)C(=O)O.O=C(O)CC(O)(CC(=O)O)C(=O)O. The lowest BCUT2D eigenvalue weighted by Crippen LogP contribution is -2.42. The molecule has 0 aromatic carbocycles. The van der Waals surface area contributed by atoms with Crippen LogP contribution in [0.5, 0.6) is 0 Å². The van der Waals surface area contributed by atoms with E-state index in [2.05, 4.69) is 0 Å². The Morgan fingerprint density at radius 3 is 0.179 bits per heavy atom. The molecule has 0 heterocycles. The van der Waals surface area contributed by atoms with E-state index >= 15 is 0 Å². The van der Waals surface area contributed by atoms with Crippen LogP contribution in [0.1, 0.15) is 103 Å². The highest BCUT2D eigenvalue weighted by molar-refractivity contribution is 5.93. The van der Waals surface area contributed by atoms with Crippen molar-refractivity contribution >= 4 is 143 Å². The van der Waals surface area contributed by atoms with Gasteiger partial charge >= 0.3 is 143 Å². The first-order valence-corrected chi connectivity index (χ1v) is 25.4. The van der Waals surface area contributed by atoms with Gasteiger partial charge in [0.15, 0.2) is 44.8 Å². The van der Waals surface area contributed by atoms with E-state index < -0.39 is 291 Å². The van der Waals surface area contributed by atoms with Gasteiger partial charge in [-0.2, -0.15) is 0 Å². The first kappa shape index (κ1) is 114. The van der Waals surface area contributed by atoms with Gasteiger partial charge in [-0.3, -0.25) is 76.7 Å². The third kappa shape index (κ3) is 55.6. The van der Waals surface area contributed by atoms with Crippen molar-refractivity contribution in [2.45, 2.75) is 148 Å². The minimum atomic E-state index is -2.74. The van der Waals surface area contributed by atoms with Crippen LogP contribution in [-0.4, -0.2) is 351 Å². The molecule has 58 nitrogen and oxygen atoms in total. The number of hydrogen-bond donors (Lipinski definition) is 34. The highest BCUT2D eigenvalue weighted by Gasteiger charge is 2.47. The minimum absolute atomic E-state index is 0. The van der Waals surface area contributed by atoms with Crippen LogP contribution in [0.15, 0.2) is 0 Å². The van der Waals surface area contributed by atoms with E-state index in [0.29, 0.717) is 0 Å². The van der Waals surface area contributed by atoms with Gasteiger partial charge in [0.1, 0.15) is 0 Å². The van der Waals surface area contributed by atoms with Gasteiger partial charge in [0.25, 0.3) is 0 Å². The molecule has 58 heteroatoms. The first-order valence-electron chi connectivity index (χ1n) is 25.4. The van der Waals surface area contributed by atoms with Crippen LogP contribution < -0.4 is 12.3 Å². The van der Waals surface area contributed by atoms with Gasteiger partial charge in [0.05, 0.1) is 103 Å². The third-order valence-electron chi connectivity index (χ3n) is 10.3. The average Bonchev–Trinajstić information content (AvgIpc) is 0.934. The summed E-state index contributed by atoms with van der Waals surface area (Å²) in [6.45, 7) is 0. The van der Waals surface area contributed by atoms with Gasteiger partial charge in [0, 0.05) is 0 Å². The molecule has 0 atom stereocenters. The smallest absolute Gasteiger partial charge is 0.336 e. The predicted octanol–water partition coefficient (Wildman–Crippen LogP) is -9.66. The second-order valence-electron chi connectivity index (χ2n) is 19.8. The van der Waals surface area contributed by atoms with E-state index in [1.807, 2.05) is 0 Å². The van der Waals surface area contributed by atoms with E-state index in [4.69, 9.17) is 163 Å². The van der Waals surface area contributed by atoms with Crippen molar-refractivity contribution in [2.24, 2.45) is 0 Å². The summed E-state index contributed by atoms with van der Waals surface area (Å²) in [5, 5.41) is 270. The molecule has 0 fully saturated rings.